The number of likely N-dealkylation sites (tertiary alicyclic amines) is 1. The first-order valence-corrected chi connectivity index (χ1v) is 11.1. The lowest BCUT2D eigenvalue weighted by atomic mass is 9.78. The average molecular weight is 438 g/mol. The molecule has 2 aromatic rings. The van der Waals surface area contributed by atoms with Gasteiger partial charge >= 0.3 is 0 Å². The highest BCUT2D eigenvalue weighted by Crippen LogP contribution is 2.46. The van der Waals surface area contributed by atoms with Crippen molar-refractivity contribution in [3.8, 4) is 11.5 Å². The largest absolute Gasteiger partial charge is 0.493 e. The molecule has 7 nitrogen and oxygen atoms in total. The lowest BCUT2D eigenvalue weighted by Gasteiger charge is -2.43. The number of ether oxygens (including phenoxy) is 2. The summed E-state index contributed by atoms with van der Waals surface area (Å²) in [6.07, 6.45) is 4.54. The summed E-state index contributed by atoms with van der Waals surface area (Å²) in [7, 11) is 4.85. The molecule has 1 aromatic heterocycles. The van der Waals surface area contributed by atoms with E-state index in [1.165, 1.54) is 0 Å². The molecule has 2 aliphatic rings. The molecule has 0 unspecified atom stereocenters. The summed E-state index contributed by atoms with van der Waals surface area (Å²) in [5, 5.41) is 0. The summed E-state index contributed by atoms with van der Waals surface area (Å²) in [5.41, 5.74) is 1.98. The molecule has 0 aliphatic carbocycles. The van der Waals surface area contributed by atoms with Gasteiger partial charge in [-0.1, -0.05) is 19.9 Å². The first-order valence-electron chi connectivity index (χ1n) is 11.1. The van der Waals surface area contributed by atoms with Gasteiger partial charge in [0.2, 0.25) is 5.91 Å². The van der Waals surface area contributed by atoms with Crippen LogP contribution < -0.4 is 9.47 Å². The fraction of sp³-hybridized carbons (Fsp3) is 0.480. The van der Waals surface area contributed by atoms with Gasteiger partial charge in [-0.15, -0.1) is 0 Å². The van der Waals surface area contributed by atoms with Crippen molar-refractivity contribution in [2.75, 3.05) is 34.4 Å². The summed E-state index contributed by atoms with van der Waals surface area (Å²) >= 11 is 0. The second-order valence-electron chi connectivity index (χ2n) is 9.11. The zero-order chi connectivity index (χ0) is 23.0. The van der Waals surface area contributed by atoms with Crippen LogP contribution in [0.1, 0.15) is 53.7 Å². The lowest BCUT2D eigenvalue weighted by Crippen LogP contribution is -2.50. The minimum Gasteiger partial charge on any atom is -0.493 e. The Kier molecular flexibility index (Phi) is 6.09. The van der Waals surface area contributed by atoms with E-state index in [0.717, 1.165) is 25.1 Å². The van der Waals surface area contributed by atoms with Crippen molar-refractivity contribution in [2.45, 2.75) is 32.2 Å². The summed E-state index contributed by atoms with van der Waals surface area (Å²) in [6.45, 7) is 5.82. The number of carbonyl (C=O) groups excluding carboxylic acids is 2. The fourth-order valence-corrected chi connectivity index (χ4v) is 5.32. The molecule has 2 aliphatic heterocycles. The van der Waals surface area contributed by atoms with E-state index in [1.54, 1.807) is 50.7 Å². The van der Waals surface area contributed by atoms with E-state index in [0.29, 0.717) is 34.5 Å². The first-order chi connectivity index (χ1) is 15.3. The van der Waals surface area contributed by atoms with Crippen LogP contribution in [0.15, 0.2) is 36.7 Å². The molecule has 32 heavy (non-hydrogen) atoms. The summed E-state index contributed by atoms with van der Waals surface area (Å²) in [6, 6.07) is 6.79. The third-order valence-electron chi connectivity index (χ3n) is 6.65. The minimum absolute atomic E-state index is 0.0325. The molecule has 1 saturated heterocycles. The SMILES string of the molecule is COc1cc2c(cc1OC)[C@H](C(=O)N1C[C@H](C)C[C@@H](C)C1)[C@H](c1cccnc1)N(C)C2=O. The molecular weight excluding hydrogens is 406 g/mol. The van der Waals surface area contributed by atoms with Crippen molar-refractivity contribution in [1.29, 1.82) is 0 Å². The van der Waals surface area contributed by atoms with Gasteiger partial charge in [-0.05, 0) is 47.6 Å². The number of hydrogen-bond donors (Lipinski definition) is 0. The molecule has 3 heterocycles. The van der Waals surface area contributed by atoms with Crippen LogP contribution in [0.2, 0.25) is 0 Å². The number of aromatic nitrogens is 1. The average Bonchev–Trinajstić information content (AvgIpc) is 2.79. The zero-order valence-electron chi connectivity index (χ0n) is 19.4. The minimum atomic E-state index is -0.561. The molecular formula is C25H31N3O4. The van der Waals surface area contributed by atoms with Crippen LogP contribution >= 0.6 is 0 Å². The number of methoxy groups -OCH3 is 2. The number of fused-ring (bicyclic) bond motifs is 1. The van der Waals surface area contributed by atoms with Crippen molar-refractivity contribution < 1.29 is 19.1 Å². The van der Waals surface area contributed by atoms with Crippen molar-refractivity contribution in [1.82, 2.24) is 14.8 Å². The first kappa shape index (κ1) is 22.1. The van der Waals surface area contributed by atoms with Gasteiger partial charge in [-0.3, -0.25) is 14.6 Å². The quantitative estimate of drug-likeness (QED) is 0.732. The number of rotatable bonds is 4. The van der Waals surface area contributed by atoms with Crippen LogP contribution in [0.4, 0.5) is 0 Å². The van der Waals surface area contributed by atoms with E-state index in [-0.39, 0.29) is 11.8 Å². The van der Waals surface area contributed by atoms with E-state index in [2.05, 4.69) is 18.8 Å². The van der Waals surface area contributed by atoms with Crippen LogP contribution in [-0.4, -0.2) is 61.0 Å². The van der Waals surface area contributed by atoms with Crippen molar-refractivity contribution in [3.63, 3.8) is 0 Å². The number of hydrogen-bond acceptors (Lipinski definition) is 5. The smallest absolute Gasteiger partial charge is 0.254 e. The van der Waals surface area contributed by atoms with E-state index in [1.807, 2.05) is 17.0 Å². The van der Waals surface area contributed by atoms with Crippen LogP contribution in [0, 0.1) is 11.8 Å². The van der Waals surface area contributed by atoms with Gasteiger partial charge in [0.15, 0.2) is 11.5 Å². The van der Waals surface area contributed by atoms with Crippen LogP contribution in [0.25, 0.3) is 0 Å². The van der Waals surface area contributed by atoms with Gasteiger partial charge in [-0.2, -0.15) is 0 Å². The highest BCUT2D eigenvalue weighted by Gasteiger charge is 2.45. The molecule has 7 heteroatoms. The molecule has 1 aromatic carbocycles. The highest BCUT2D eigenvalue weighted by molar-refractivity contribution is 6.02. The van der Waals surface area contributed by atoms with Gasteiger partial charge in [0, 0.05) is 38.1 Å². The molecule has 0 bridgehead atoms. The van der Waals surface area contributed by atoms with Gasteiger partial charge in [-0.25, -0.2) is 0 Å². The maximum absolute atomic E-state index is 14.1. The summed E-state index contributed by atoms with van der Waals surface area (Å²) in [5.74, 6) is 1.17. The summed E-state index contributed by atoms with van der Waals surface area (Å²) < 4.78 is 11.0. The third kappa shape index (κ3) is 3.80. The summed E-state index contributed by atoms with van der Waals surface area (Å²) in [4.78, 5) is 35.4. The number of amides is 2. The van der Waals surface area contributed by atoms with Crippen LogP contribution in [-0.2, 0) is 4.79 Å². The second-order valence-corrected chi connectivity index (χ2v) is 9.11. The molecule has 4 rings (SSSR count). The number of piperidine rings is 1. The number of carbonyl (C=O) groups is 2. The van der Waals surface area contributed by atoms with Crippen molar-refractivity contribution >= 4 is 11.8 Å². The molecule has 0 spiro atoms. The molecule has 2 amide bonds. The molecule has 0 saturated carbocycles. The van der Waals surface area contributed by atoms with Crippen molar-refractivity contribution in [2.24, 2.45) is 11.8 Å². The monoisotopic (exact) mass is 437 g/mol. The fourth-order valence-electron chi connectivity index (χ4n) is 5.32. The van der Waals surface area contributed by atoms with Gasteiger partial charge in [0.25, 0.3) is 5.91 Å². The maximum atomic E-state index is 14.1. The van der Waals surface area contributed by atoms with E-state index in [4.69, 9.17) is 9.47 Å². The van der Waals surface area contributed by atoms with Gasteiger partial charge in [0.1, 0.15) is 0 Å². The number of pyridine rings is 1. The maximum Gasteiger partial charge on any atom is 0.254 e. The predicted molar refractivity (Wildman–Crippen MR) is 121 cm³/mol. The Morgan fingerprint density at radius 1 is 1.09 bits per heavy atom. The molecule has 0 N–H and O–H groups in total. The Labute approximate surface area is 189 Å². The Balaban J connectivity index is 1.88. The number of nitrogens with zero attached hydrogens (tertiary/aromatic N) is 3. The molecule has 0 radical (unpaired) electrons. The predicted octanol–water partition coefficient (Wildman–Crippen LogP) is 3.51. The number of benzene rings is 1. The topological polar surface area (TPSA) is 72.0 Å². The third-order valence-corrected chi connectivity index (χ3v) is 6.65. The Morgan fingerprint density at radius 2 is 1.75 bits per heavy atom. The standard InChI is InChI=1S/C25H31N3O4/c1-15-9-16(2)14-28(13-15)25(30)22-18-10-20(31-4)21(32-5)11-19(18)24(29)27(3)23(22)17-7-6-8-26-12-17/h6-8,10-12,15-16,22-23H,9,13-14H2,1-5H3/t15-,16-,22+,23+/m1/s1. The molecule has 4 atom stereocenters. The Morgan fingerprint density at radius 3 is 2.34 bits per heavy atom. The van der Waals surface area contributed by atoms with Crippen LogP contribution in [0.5, 0.6) is 11.5 Å². The lowest BCUT2D eigenvalue weighted by molar-refractivity contribution is -0.137. The van der Waals surface area contributed by atoms with Gasteiger partial charge in [0.05, 0.1) is 26.2 Å². The molecule has 170 valence electrons. The zero-order valence-corrected chi connectivity index (χ0v) is 19.4. The highest BCUT2D eigenvalue weighted by atomic mass is 16.5. The van der Waals surface area contributed by atoms with E-state index >= 15 is 0 Å². The molecule has 1 fully saturated rings. The van der Waals surface area contributed by atoms with E-state index < -0.39 is 12.0 Å². The van der Waals surface area contributed by atoms with Gasteiger partial charge < -0.3 is 19.3 Å². The normalized spacial score (nSPS) is 25.3. The second kappa shape index (κ2) is 8.81. The van der Waals surface area contributed by atoms with Crippen molar-refractivity contribution in [3.05, 3.63) is 53.3 Å². The Bertz CT molecular complexity index is 1000. The number of likely N-dealkylation sites (N-methyl/N-ethyl adjacent to an activating group) is 1. The van der Waals surface area contributed by atoms with E-state index in [9.17, 15) is 9.59 Å². The Hall–Kier alpha value is -3.09. The van der Waals surface area contributed by atoms with Crippen LogP contribution in [0.3, 0.4) is 0 Å².